The van der Waals surface area contributed by atoms with E-state index < -0.39 is 21.3 Å². The van der Waals surface area contributed by atoms with Crippen molar-refractivity contribution in [2.75, 3.05) is 6.61 Å². The number of aliphatic hydroxyl groups excluding tert-OH is 1. The molecule has 2 aromatic rings. The van der Waals surface area contributed by atoms with E-state index in [4.69, 9.17) is 0 Å². The van der Waals surface area contributed by atoms with Crippen molar-refractivity contribution in [3.05, 3.63) is 80.7 Å². The van der Waals surface area contributed by atoms with Crippen molar-refractivity contribution in [2.45, 2.75) is 30.3 Å². The standard InChI is InChI=1S/C13H9.C7H9O.C3H6.2ClH.Zr/c1-3-7-12-10(5-1)9-11-6-2-4-8-13(11)12;8-6-5-7-3-1-2-4-7;1-3-2;;;/h1-9H;1,3,8H,2,5-6H2;1-2H3;2*1H;/q;;;;;+2/p-2. The van der Waals surface area contributed by atoms with Gasteiger partial charge in [-0.05, 0) is 0 Å². The minimum atomic E-state index is -2.08. The summed E-state index contributed by atoms with van der Waals surface area (Å²) in [6.07, 6.45) is 6.47. The van der Waals surface area contributed by atoms with E-state index in [9.17, 15) is 5.11 Å². The van der Waals surface area contributed by atoms with Gasteiger partial charge in [0.2, 0.25) is 0 Å². The molecule has 0 aliphatic heterocycles. The second-order valence-electron chi connectivity index (χ2n) is 7.11. The minimum absolute atomic E-state index is 0. The van der Waals surface area contributed by atoms with Gasteiger partial charge >= 0.3 is 158 Å². The topological polar surface area (TPSA) is 20.2 Å². The fourth-order valence-corrected chi connectivity index (χ4v) is 13.1. The predicted molar refractivity (Wildman–Crippen MR) is 103 cm³/mol. The molecule has 4 rings (SSSR count). The Labute approximate surface area is 182 Å². The molecule has 0 aromatic heterocycles. The smallest absolute Gasteiger partial charge is 1.00 e. The van der Waals surface area contributed by atoms with E-state index in [2.05, 4.69) is 74.5 Å². The Bertz CT molecular complexity index is 878. The van der Waals surface area contributed by atoms with E-state index >= 15 is 0 Å². The van der Waals surface area contributed by atoms with Crippen molar-refractivity contribution in [3.8, 4) is 11.1 Å². The molecule has 0 spiro atoms. The van der Waals surface area contributed by atoms with Crippen LogP contribution in [-0.4, -0.2) is 14.9 Å². The first kappa shape index (κ1) is 22.5. The van der Waals surface area contributed by atoms with E-state index in [1.54, 1.807) is 6.49 Å². The third-order valence-corrected chi connectivity index (χ3v) is 13.9. The summed E-state index contributed by atoms with van der Waals surface area (Å²) in [6.45, 7) is 4.95. The van der Waals surface area contributed by atoms with Gasteiger partial charge in [0, 0.05) is 0 Å². The summed E-state index contributed by atoms with van der Waals surface area (Å²) in [5.41, 5.74) is 7.33. The van der Waals surface area contributed by atoms with Crippen LogP contribution in [0.4, 0.5) is 0 Å². The van der Waals surface area contributed by atoms with Crippen LogP contribution in [0.3, 0.4) is 0 Å². The van der Waals surface area contributed by atoms with Gasteiger partial charge in [0.05, 0.1) is 0 Å². The van der Waals surface area contributed by atoms with Crippen LogP contribution in [0, 0.1) is 0 Å². The monoisotopic (exact) mass is 476 g/mol. The summed E-state index contributed by atoms with van der Waals surface area (Å²) in [6, 6.07) is 18.0. The maximum atomic E-state index is 9.49. The van der Waals surface area contributed by atoms with Crippen molar-refractivity contribution in [1.82, 2.24) is 0 Å². The first-order valence-electron chi connectivity index (χ1n) is 9.07. The number of fused-ring (bicyclic) bond motifs is 3. The first-order chi connectivity index (χ1) is 12.2. The maximum absolute atomic E-state index is 9.49. The molecule has 1 nitrogen and oxygen atoms in total. The Morgan fingerprint density at radius 1 is 0.963 bits per heavy atom. The largest absolute Gasteiger partial charge is 1.00 e. The molecule has 2 aliphatic rings. The second-order valence-corrected chi connectivity index (χ2v) is 14.5. The Balaban J connectivity index is 0.00000131. The third-order valence-electron chi connectivity index (χ3n) is 5.40. The number of aliphatic hydroxyl groups is 1. The molecule has 0 unspecified atom stereocenters. The van der Waals surface area contributed by atoms with Gasteiger partial charge in [0.1, 0.15) is 0 Å². The molecular weight excluding hydrogens is 454 g/mol. The van der Waals surface area contributed by atoms with E-state index in [0.717, 1.165) is 12.8 Å². The van der Waals surface area contributed by atoms with Crippen molar-refractivity contribution in [2.24, 2.45) is 0 Å². The van der Waals surface area contributed by atoms with Crippen LogP contribution in [-0.2, 0) is 21.3 Å². The van der Waals surface area contributed by atoms with Gasteiger partial charge in [-0.15, -0.1) is 0 Å². The number of hydrogen-bond acceptors (Lipinski definition) is 1. The Kier molecular flexibility index (Phi) is 8.01. The molecule has 2 aromatic carbocycles. The predicted octanol–water partition coefficient (Wildman–Crippen LogP) is -0.809. The molecule has 0 saturated carbocycles. The van der Waals surface area contributed by atoms with Crippen molar-refractivity contribution in [1.29, 1.82) is 0 Å². The van der Waals surface area contributed by atoms with Crippen LogP contribution >= 0.6 is 0 Å². The molecule has 0 atom stereocenters. The molecule has 140 valence electrons. The zero-order chi connectivity index (χ0) is 17.4. The van der Waals surface area contributed by atoms with Gasteiger partial charge in [0.15, 0.2) is 0 Å². The number of halogens is 2. The Morgan fingerprint density at radius 2 is 1.52 bits per heavy atom. The fraction of sp³-hybridized carbons (Fsp3) is 0.261. The summed E-state index contributed by atoms with van der Waals surface area (Å²) in [5, 5.41) is 9.49. The van der Waals surface area contributed by atoms with E-state index in [1.807, 2.05) is 0 Å². The summed E-state index contributed by atoms with van der Waals surface area (Å²) in [5.74, 6) is 0. The van der Waals surface area contributed by atoms with E-state index in [-0.39, 0.29) is 31.4 Å². The number of benzene rings is 2. The number of hydrogen-bond donors (Lipinski definition) is 1. The van der Waals surface area contributed by atoms with Crippen LogP contribution in [0.2, 0.25) is 0 Å². The quantitative estimate of drug-likeness (QED) is 0.610. The number of rotatable bonds is 4. The van der Waals surface area contributed by atoms with Gasteiger partial charge < -0.3 is 24.8 Å². The molecule has 2 aliphatic carbocycles. The average molecular weight is 479 g/mol. The van der Waals surface area contributed by atoms with Gasteiger partial charge in [-0.25, -0.2) is 0 Å². The summed E-state index contributed by atoms with van der Waals surface area (Å²) in [4.78, 5) is 0. The van der Waals surface area contributed by atoms with Gasteiger partial charge in [-0.1, -0.05) is 0 Å². The molecule has 0 radical (unpaired) electrons. The van der Waals surface area contributed by atoms with Gasteiger partial charge in [-0.3, -0.25) is 0 Å². The fourth-order valence-electron chi connectivity index (χ4n) is 4.42. The molecule has 0 heterocycles. The van der Waals surface area contributed by atoms with E-state index in [0.29, 0.717) is 3.63 Å². The maximum Gasteiger partial charge on any atom is -1.00 e. The molecule has 0 fully saturated rings. The van der Waals surface area contributed by atoms with Crippen molar-refractivity contribution in [3.63, 3.8) is 0 Å². The van der Waals surface area contributed by atoms with Crippen LogP contribution in [0.15, 0.2) is 69.5 Å². The van der Waals surface area contributed by atoms with Crippen molar-refractivity contribution >= 4 is 3.21 Å². The molecule has 0 saturated heterocycles. The summed E-state index contributed by atoms with van der Waals surface area (Å²) >= 11 is -2.08. The van der Waals surface area contributed by atoms with E-state index in [1.165, 1.54) is 27.8 Å². The van der Waals surface area contributed by atoms with Crippen molar-refractivity contribution < 1.29 is 51.2 Å². The van der Waals surface area contributed by atoms with Crippen LogP contribution in [0.25, 0.3) is 11.1 Å². The zero-order valence-corrected chi connectivity index (χ0v) is 19.6. The van der Waals surface area contributed by atoms with Crippen LogP contribution < -0.4 is 24.8 Å². The average Bonchev–Trinajstić information content (AvgIpc) is 3.20. The Hall–Kier alpha value is -0.787. The van der Waals surface area contributed by atoms with Crippen LogP contribution in [0.1, 0.15) is 41.4 Å². The SMILES string of the molecule is C[C](C)=[Zr+2]([C]1=C(CCO)C=CC1)[CH]1c2ccccc2-c2ccccc21.[Cl-].[Cl-]. The number of allylic oxidation sites excluding steroid dienone is 3. The van der Waals surface area contributed by atoms with Gasteiger partial charge in [-0.2, -0.15) is 0 Å². The molecule has 0 amide bonds. The molecular formula is C23H24Cl2OZr. The summed E-state index contributed by atoms with van der Waals surface area (Å²) in [7, 11) is 0. The third kappa shape index (κ3) is 4.01. The summed E-state index contributed by atoms with van der Waals surface area (Å²) < 4.78 is 3.91. The Morgan fingerprint density at radius 3 is 2.04 bits per heavy atom. The molecule has 0 bridgehead atoms. The van der Waals surface area contributed by atoms with Gasteiger partial charge in [0.25, 0.3) is 0 Å². The molecule has 4 heteroatoms. The normalized spacial score (nSPS) is 14.0. The minimum Gasteiger partial charge on any atom is -1.00 e. The molecule has 1 N–H and O–H groups in total. The first-order valence-corrected chi connectivity index (χ1v) is 13.0. The van der Waals surface area contributed by atoms with Crippen LogP contribution in [0.5, 0.6) is 0 Å². The molecule has 27 heavy (non-hydrogen) atoms. The second kappa shape index (κ2) is 9.61. The zero-order valence-electron chi connectivity index (χ0n) is 15.7.